The molecule has 1 aliphatic heterocycles. The zero-order valence-corrected chi connectivity index (χ0v) is 9.34. The number of piperidine rings is 1. The first kappa shape index (κ1) is 11.0. The van der Waals surface area contributed by atoms with Gasteiger partial charge in [0, 0.05) is 31.0 Å². The Bertz CT molecular complexity index is 368. The second kappa shape index (κ2) is 4.57. The highest BCUT2D eigenvalue weighted by Crippen LogP contribution is 2.17. The molecule has 0 spiro atoms. The average molecular weight is 220 g/mol. The fraction of sp³-hybridized carbons (Fsp3) is 0.545. The number of aromatic nitrogens is 2. The SMILES string of the molecule is CC1CC(N)CCN1C(=O)c1cnccn1. The molecule has 1 aromatic heterocycles. The molecule has 1 saturated heterocycles. The van der Waals surface area contributed by atoms with Crippen molar-refractivity contribution < 1.29 is 4.79 Å². The number of nitrogens with two attached hydrogens (primary N) is 1. The summed E-state index contributed by atoms with van der Waals surface area (Å²) in [5, 5.41) is 0. The molecule has 86 valence electrons. The molecule has 1 amide bonds. The monoisotopic (exact) mass is 220 g/mol. The highest BCUT2D eigenvalue weighted by molar-refractivity contribution is 5.92. The zero-order valence-electron chi connectivity index (χ0n) is 9.34. The Labute approximate surface area is 94.7 Å². The predicted octanol–water partition coefficient (Wildman–Crippen LogP) is 0.428. The first-order valence-corrected chi connectivity index (χ1v) is 5.51. The Hall–Kier alpha value is -1.49. The van der Waals surface area contributed by atoms with E-state index in [1.807, 2.05) is 11.8 Å². The summed E-state index contributed by atoms with van der Waals surface area (Å²) in [6, 6.07) is 0.388. The third kappa shape index (κ3) is 2.19. The summed E-state index contributed by atoms with van der Waals surface area (Å²) >= 11 is 0. The van der Waals surface area contributed by atoms with Crippen LogP contribution < -0.4 is 5.73 Å². The van der Waals surface area contributed by atoms with Crippen LogP contribution in [0.3, 0.4) is 0 Å². The van der Waals surface area contributed by atoms with E-state index < -0.39 is 0 Å². The number of hydrogen-bond acceptors (Lipinski definition) is 4. The second-order valence-corrected chi connectivity index (χ2v) is 4.22. The Morgan fingerprint density at radius 3 is 3.00 bits per heavy atom. The Morgan fingerprint density at radius 2 is 2.38 bits per heavy atom. The maximum atomic E-state index is 12.1. The summed E-state index contributed by atoms with van der Waals surface area (Å²) < 4.78 is 0. The smallest absolute Gasteiger partial charge is 0.274 e. The van der Waals surface area contributed by atoms with Crippen LogP contribution in [0.4, 0.5) is 0 Å². The Kier molecular flexibility index (Phi) is 3.14. The minimum atomic E-state index is -0.0486. The van der Waals surface area contributed by atoms with Gasteiger partial charge in [0.15, 0.2) is 0 Å². The maximum Gasteiger partial charge on any atom is 0.274 e. The number of carbonyl (C=O) groups is 1. The van der Waals surface area contributed by atoms with E-state index in [0.29, 0.717) is 12.2 Å². The summed E-state index contributed by atoms with van der Waals surface area (Å²) in [5.74, 6) is -0.0486. The molecular weight excluding hydrogens is 204 g/mol. The van der Waals surface area contributed by atoms with Gasteiger partial charge in [-0.05, 0) is 19.8 Å². The Morgan fingerprint density at radius 1 is 1.56 bits per heavy atom. The van der Waals surface area contributed by atoms with Gasteiger partial charge in [0.25, 0.3) is 5.91 Å². The quantitative estimate of drug-likeness (QED) is 0.745. The lowest BCUT2D eigenvalue weighted by Gasteiger charge is -2.36. The largest absolute Gasteiger partial charge is 0.334 e. The number of rotatable bonds is 1. The van der Waals surface area contributed by atoms with Crippen LogP contribution in [0.2, 0.25) is 0 Å². The summed E-state index contributed by atoms with van der Waals surface area (Å²) in [7, 11) is 0. The number of likely N-dealkylation sites (tertiary alicyclic amines) is 1. The molecule has 5 nitrogen and oxygen atoms in total. The van der Waals surface area contributed by atoms with Gasteiger partial charge in [-0.3, -0.25) is 9.78 Å². The van der Waals surface area contributed by atoms with Crippen LogP contribution in [0.5, 0.6) is 0 Å². The van der Waals surface area contributed by atoms with Crippen LogP contribution in [0.1, 0.15) is 30.3 Å². The van der Waals surface area contributed by atoms with E-state index in [2.05, 4.69) is 9.97 Å². The van der Waals surface area contributed by atoms with Crippen molar-refractivity contribution in [3.63, 3.8) is 0 Å². The van der Waals surface area contributed by atoms with Gasteiger partial charge in [-0.1, -0.05) is 0 Å². The fourth-order valence-corrected chi connectivity index (χ4v) is 2.07. The standard InChI is InChI=1S/C11H16N4O/c1-8-6-9(12)2-5-15(8)11(16)10-7-13-3-4-14-10/h3-4,7-9H,2,5-6,12H2,1H3. The van der Waals surface area contributed by atoms with E-state index in [9.17, 15) is 4.79 Å². The topological polar surface area (TPSA) is 72.1 Å². The molecule has 1 aromatic rings. The van der Waals surface area contributed by atoms with Crippen molar-refractivity contribution in [2.24, 2.45) is 5.73 Å². The Balaban J connectivity index is 2.11. The third-order valence-corrected chi connectivity index (χ3v) is 2.96. The lowest BCUT2D eigenvalue weighted by Crippen LogP contribution is -2.48. The number of nitrogens with zero attached hydrogens (tertiary/aromatic N) is 3. The highest BCUT2D eigenvalue weighted by Gasteiger charge is 2.28. The predicted molar refractivity (Wildman–Crippen MR) is 59.7 cm³/mol. The van der Waals surface area contributed by atoms with Crippen LogP contribution in [-0.2, 0) is 0 Å². The minimum Gasteiger partial charge on any atom is -0.334 e. The molecule has 0 radical (unpaired) electrons. The molecule has 5 heteroatoms. The van der Waals surface area contributed by atoms with Crippen molar-refractivity contribution in [2.45, 2.75) is 31.8 Å². The van der Waals surface area contributed by atoms with E-state index in [0.717, 1.165) is 12.8 Å². The molecular formula is C11H16N4O. The van der Waals surface area contributed by atoms with Crippen molar-refractivity contribution >= 4 is 5.91 Å². The third-order valence-electron chi connectivity index (χ3n) is 2.96. The van der Waals surface area contributed by atoms with Gasteiger partial charge in [-0.25, -0.2) is 4.98 Å². The molecule has 0 aromatic carbocycles. The molecule has 1 aliphatic rings. The van der Waals surface area contributed by atoms with Crippen molar-refractivity contribution in [1.29, 1.82) is 0 Å². The van der Waals surface area contributed by atoms with Crippen molar-refractivity contribution in [3.05, 3.63) is 24.3 Å². The summed E-state index contributed by atoms with van der Waals surface area (Å²) in [6.45, 7) is 2.73. The molecule has 2 heterocycles. The van der Waals surface area contributed by atoms with Crippen LogP contribution in [0, 0.1) is 0 Å². The molecule has 1 fully saturated rings. The fourth-order valence-electron chi connectivity index (χ4n) is 2.07. The molecule has 2 unspecified atom stereocenters. The van der Waals surface area contributed by atoms with E-state index in [1.165, 1.54) is 12.4 Å². The molecule has 2 N–H and O–H groups in total. The molecule has 0 bridgehead atoms. The van der Waals surface area contributed by atoms with Crippen LogP contribution in [-0.4, -0.2) is 39.4 Å². The van der Waals surface area contributed by atoms with E-state index in [4.69, 9.17) is 5.73 Å². The lowest BCUT2D eigenvalue weighted by atomic mass is 9.99. The van der Waals surface area contributed by atoms with E-state index in [1.54, 1.807) is 6.20 Å². The maximum absolute atomic E-state index is 12.1. The molecule has 2 rings (SSSR count). The second-order valence-electron chi connectivity index (χ2n) is 4.22. The van der Waals surface area contributed by atoms with Crippen LogP contribution in [0.25, 0.3) is 0 Å². The average Bonchev–Trinajstić information content (AvgIpc) is 2.29. The first-order valence-electron chi connectivity index (χ1n) is 5.51. The van der Waals surface area contributed by atoms with Gasteiger partial charge < -0.3 is 10.6 Å². The highest BCUT2D eigenvalue weighted by atomic mass is 16.2. The number of amides is 1. The first-order chi connectivity index (χ1) is 7.68. The van der Waals surface area contributed by atoms with Crippen LogP contribution in [0.15, 0.2) is 18.6 Å². The van der Waals surface area contributed by atoms with Crippen molar-refractivity contribution in [3.8, 4) is 0 Å². The number of carbonyl (C=O) groups excluding carboxylic acids is 1. The summed E-state index contributed by atoms with van der Waals surface area (Å²) in [6.07, 6.45) is 6.31. The zero-order chi connectivity index (χ0) is 11.5. The van der Waals surface area contributed by atoms with E-state index >= 15 is 0 Å². The van der Waals surface area contributed by atoms with Gasteiger partial charge >= 0.3 is 0 Å². The molecule has 2 atom stereocenters. The van der Waals surface area contributed by atoms with Crippen molar-refractivity contribution in [2.75, 3.05) is 6.54 Å². The van der Waals surface area contributed by atoms with Crippen LogP contribution >= 0.6 is 0 Å². The van der Waals surface area contributed by atoms with Gasteiger partial charge in [0.2, 0.25) is 0 Å². The molecule has 16 heavy (non-hydrogen) atoms. The number of hydrogen-bond donors (Lipinski definition) is 1. The molecule has 0 saturated carbocycles. The van der Waals surface area contributed by atoms with E-state index in [-0.39, 0.29) is 18.0 Å². The van der Waals surface area contributed by atoms with Gasteiger partial charge in [0.1, 0.15) is 5.69 Å². The van der Waals surface area contributed by atoms with Gasteiger partial charge in [-0.2, -0.15) is 0 Å². The minimum absolute atomic E-state index is 0.0486. The molecule has 0 aliphatic carbocycles. The lowest BCUT2D eigenvalue weighted by molar-refractivity contribution is 0.0612. The van der Waals surface area contributed by atoms with Crippen molar-refractivity contribution in [1.82, 2.24) is 14.9 Å². The summed E-state index contributed by atoms with van der Waals surface area (Å²) in [5.41, 5.74) is 6.27. The van der Waals surface area contributed by atoms with Gasteiger partial charge in [-0.15, -0.1) is 0 Å². The van der Waals surface area contributed by atoms with Gasteiger partial charge in [0.05, 0.1) is 6.20 Å². The normalized spacial score (nSPS) is 25.5. The summed E-state index contributed by atoms with van der Waals surface area (Å²) in [4.78, 5) is 21.9.